The van der Waals surface area contributed by atoms with Crippen molar-refractivity contribution >= 4 is 29.1 Å². The van der Waals surface area contributed by atoms with Crippen molar-refractivity contribution in [2.75, 3.05) is 20.1 Å². The van der Waals surface area contributed by atoms with Crippen LogP contribution >= 0.6 is 12.4 Å². The molecule has 2 rings (SSSR count). The van der Waals surface area contributed by atoms with Gasteiger partial charge in [0, 0.05) is 13.1 Å². The van der Waals surface area contributed by atoms with E-state index in [1.165, 1.54) is 10.8 Å². The minimum Gasteiger partial charge on any atom is -0.354 e. The van der Waals surface area contributed by atoms with Crippen LogP contribution in [0.4, 0.5) is 0 Å². The molecule has 1 amide bonds. The van der Waals surface area contributed by atoms with Gasteiger partial charge in [-0.05, 0) is 30.3 Å². The van der Waals surface area contributed by atoms with E-state index in [0.717, 1.165) is 12.1 Å². The maximum absolute atomic E-state index is 12.0. The third-order valence-electron chi connectivity index (χ3n) is 3.34. The molecule has 0 saturated carbocycles. The Bertz CT molecular complexity index is 571. The van der Waals surface area contributed by atoms with Crippen LogP contribution in [0.1, 0.15) is 18.4 Å². The first kappa shape index (κ1) is 16.5. The molecule has 0 fully saturated rings. The molecule has 2 aromatic rings. The van der Waals surface area contributed by atoms with E-state index in [9.17, 15) is 4.79 Å². The molecule has 0 saturated heterocycles. The van der Waals surface area contributed by atoms with Crippen molar-refractivity contribution in [3.63, 3.8) is 0 Å². The molecule has 0 aliphatic heterocycles. The highest BCUT2D eigenvalue weighted by Gasteiger charge is 2.14. The van der Waals surface area contributed by atoms with Gasteiger partial charge < -0.3 is 10.6 Å². The zero-order chi connectivity index (χ0) is 13.7. The maximum Gasteiger partial charge on any atom is 0.227 e. The molecule has 2 aromatic carbocycles. The highest BCUT2D eigenvalue weighted by molar-refractivity contribution is 5.87. The van der Waals surface area contributed by atoms with E-state index >= 15 is 0 Å². The summed E-state index contributed by atoms with van der Waals surface area (Å²) in [6, 6.07) is 14.4. The predicted octanol–water partition coefficient (Wildman–Crippen LogP) is 2.70. The molecule has 0 aliphatic rings. The van der Waals surface area contributed by atoms with E-state index in [1.807, 2.05) is 32.2 Å². The standard InChI is InChI=1S/C16H20N2O.ClH/c1-12(16(19)18-10-9-17-2)14-8-7-13-5-3-4-6-15(13)11-14;/h3-8,11-12,17H,9-10H2,1-2H3,(H,18,19);1H. The number of halogens is 1. The number of amides is 1. The van der Waals surface area contributed by atoms with Crippen LogP contribution in [-0.4, -0.2) is 26.0 Å². The largest absolute Gasteiger partial charge is 0.354 e. The smallest absolute Gasteiger partial charge is 0.227 e. The van der Waals surface area contributed by atoms with Gasteiger partial charge >= 0.3 is 0 Å². The summed E-state index contributed by atoms with van der Waals surface area (Å²) < 4.78 is 0. The van der Waals surface area contributed by atoms with Crippen LogP contribution in [-0.2, 0) is 4.79 Å². The average Bonchev–Trinajstić information content (AvgIpc) is 2.46. The molecule has 0 bridgehead atoms. The number of carbonyl (C=O) groups excluding carboxylic acids is 1. The molecule has 1 unspecified atom stereocenters. The summed E-state index contributed by atoms with van der Waals surface area (Å²) in [6.07, 6.45) is 0. The summed E-state index contributed by atoms with van der Waals surface area (Å²) in [6.45, 7) is 3.39. The average molecular weight is 293 g/mol. The second kappa shape index (κ2) is 7.88. The third kappa shape index (κ3) is 3.95. The molecule has 0 aromatic heterocycles. The van der Waals surface area contributed by atoms with Crippen molar-refractivity contribution in [1.29, 1.82) is 0 Å². The SMILES string of the molecule is CNCCNC(=O)C(C)c1ccc2ccccc2c1.Cl. The molecule has 0 heterocycles. The fourth-order valence-corrected chi connectivity index (χ4v) is 2.09. The van der Waals surface area contributed by atoms with Gasteiger partial charge in [-0.1, -0.05) is 42.5 Å². The van der Waals surface area contributed by atoms with Crippen LogP contribution in [0.2, 0.25) is 0 Å². The minimum absolute atomic E-state index is 0. The number of hydrogen-bond donors (Lipinski definition) is 2. The van der Waals surface area contributed by atoms with Crippen molar-refractivity contribution in [2.45, 2.75) is 12.8 Å². The highest BCUT2D eigenvalue weighted by atomic mass is 35.5. The molecule has 0 aliphatic carbocycles. The van der Waals surface area contributed by atoms with Crippen molar-refractivity contribution in [1.82, 2.24) is 10.6 Å². The van der Waals surface area contributed by atoms with Crippen LogP contribution in [0.25, 0.3) is 10.8 Å². The second-order valence-corrected chi connectivity index (χ2v) is 4.72. The van der Waals surface area contributed by atoms with Gasteiger partial charge in [0.1, 0.15) is 0 Å². The second-order valence-electron chi connectivity index (χ2n) is 4.72. The Morgan fingerprint density at radius 3 is 2.50 bits per heavy atom. The summed E-state index contributed by atoms with van der Waals surface area (Å²) in [5.41, 5.74) is 1.06. The monoisotopic (exact) mass is 292 g/mol. The Morgan fingerprint density at radius 1 is 1.10 bits per heavy atom. The van der Waals surface area contributed by atoms with Crippen LogP contribution in [0.15, 0.2) is 42.5 Å². The number of fused-ring (bicyclic) bond motifs is 1. The zero-order valence-electron chi connectivity index (χ0n) is 11.8. The molecule has 0 radical (unpaired) electrons. The van der Waals surface area contributed by atoms with Gasteiger partial charge in [0.25, 0.3) is 0 Å². The van der Waals surface area contributed by atoms with Gasteiger partial charge in [0.15, 0.2) is 0 Å². The van der Waals surface area contributed by atoms with E-state index in [4.69, 9.17) is 0 Å². The van der Waals surface area contributed by atoms with Gasteiger partial charge in [0.05, 0.1) is 5.92 Å². The molecule has 2 N–H and O–H groups in total. The highest BCUT2D eigenvalue weighted by Crippen LogP contribution is 2.21. The van der Waals surface area contributed by atoms with Crippen LogP contribution < -0.4 is 10.6 Å². The molecule has 20 heavy (non-hydrogen) atoms. The Kier molecular flexibility index (Phi) is 6.49. The number of hydrogen-bond acceptors (Lipinski definition) is 2. The first-order chi connectivity index (χ1) is 9.22. The van der Waals surface area contributed by atoms with Gasteiger partial charge in [-0.3, -0.25) is 4.79 Å². The number of likely N-dealkylation sites (N-methyl/N-ethyl adjacent to an activating group) is 1. The van der Waals surface area contributed by atoms with Crippen molar-refractivity contribution in [3.8, 4) is 0 Å². The Labute approximate surface area is 126 Å². The summed E-state index contributed by atoms with van der Waals surface area (Å²) in [7, 11) is 1.87. The summed E-state index contributed by atoms with van der Waals surface area (Å²) >= 11 is 0. The molecular formula is C16H21ClN2O. The van der Waals surface area contributed by atoms with Crippen molar-refractivity contribution in [2.24, 2.45) is 0 Å². The van der Waals surface area contributed by atoms with Crippen molar-refractivity contribution in [3.05, 3.63) is 48.0 Å². The van der Waals surface area contributed by atoms with Crippen LogP contribution in [0.3, 0.4) is 0 Å². The lowest BCUT2D eigenvalue weighted by molar-refractivity contribution is -0.122. The Hall–Kier alpha value is -1.58. The van der Waals surface area contributed by atoms with Gasteiger partial charge in [-0.15, -0.1) is 12.4 Å². The quantitative estimate of drug-likeness (QED) is 0.832. The number of nitrogens with one attached hydrogen (secondary N) is 2. The fourth-order valence-electron chi connectivity index (χ4n) is 2.09. The van der Waals surface area contributed by atoms with Gasteiger partial charge in [-0.25, -0.2) is 0 Å². The molecule has 108 valence electrons. The number of carbonyl (C=O) groups is 1. The van der Waals surface area contributed by atoms with E-state index in [0.29, 0.717) is 6.54 Å². The first-order valence-electron chi connectivity index (χ1n) is 6.63. The van der Waals surface area contributed by atoms with E-state index in [-0.39, 0.29) is 24.2 Å². The Morgan fingerprint density at radius 2 is 1.80 bits per heavy atom. The molecule has 1 atom stereocenters. The lowest BCUT2D eigenvalue weighted by Crippen LogP contribution is -2.33. The normalized spacial score (nSPS) is 11.7. The first-order valence-corrected chi connectivity index (χ1v) is 6.63. The predicted molar refractivity (Wildman–Crippen MR) is 86.5 cm³/mol. The van der Waals surface area contributed by atoms with Crippen LogP contribution in [0.5, 0.6) is 0 Å². The van der Waals surface area contributed by atoms with Crippen LogP contribution in [0, 0.1) is 0 Å². The lowest BCUT2D eigenvalue weighted by Gasteiger charge is -2.13. The van der Waals surface area contributed by atoms with Gasteiger partial charge in [0.2, 0.25) is 5.91 Å². The lowest BCUT2D eigenvalue weighted by atomic mass is 9.97. The summed E-state index contributed by atoms with van der Waals surface area (Å²) in [5, 5.41) is 8.32. The molecule has 3 nitrogen and oxygen atoms in total. The fraction of sp³-hybridized carbons (Fsp3) is 0.312. The zero-order valence-corrected chi connectivity index (χ0v) is 12.7. The van der Waals surface area contributed by atoms with E-state index in [2.05, 4.69) is 34.9 Å². The Balaban J connectivity index is 0.00000200. The number of rotatable bonds is 5. The van der Waals surface area contributed by atoms with E-state index < -0.39 is 0 Å². The minimum atomic E-state index is -0.124. The molecule has 0 spiro atoms. The third-order valence-corrected chi connectivity index (χ3v) is 3.34. The molecular weight excluding hydrogens is 272 g/mol. The summed E-state index contributed by atoms with van der Waals surface area (Å²) in [4.78, 5) is 12.0. The topological polar surface area (TPSA) is 41.1 Å². The van der Waals surface area contributed by atoms with Crippen molar-refractivity contribution < 1.29 is 4.79 Å². The maximum atomic E-state index is 12.0. The van der Waals surface area contributed by atoms with E-state index in [1.54, 1.807) is 0 Å². The van der Waals surface area contributed by atoms with Gasteiger partial charge in [-0.2, -0.15) is 0 Å². The number of benzene rings is 2. The molecule has 4 heteroatoms. The summed E-state index contributed by atoms with van der Waals surface area (Å²) in [5.74, 6) is -0.0491.